The summed E-state index contributed by atoms with van der Waals surface area (Å²) in [5.41, 5.74) is 24.9. The molecule has 66 heavy (non-hydrogen) atoms. The summed E-state index contributed by atoms with van der Waals surface area (Å²) in [7, 11) is 0. The van der Waals surface area contributed by atoms with Crippen LogP contribution in [0, 0.1) is 47.3 Å². The Morgan fingerprint density at radius 2 is 0.939 bits per heavy atom. The second kappa shape index (κ2) is 12.9. The van der Waals surface area contributed by atoms with Crippen molar-refractivity contribution >= 4 is 17.1 Å². The molecule has 7 fully saturated rings. The fraction of sp³-hybridized carbons (Fsp3) is 0.354. The molecule has 0 amide bonds. The highest BCUT2D eigenvalue weighted by molar-refractivity contribution is 5.98. The standard InChI is InChI=1S/C65H59N/c1-63(2)55-15-8-6-13-50(55)52-25-22-48(36-58(52)63)66(49-23-26-53-51-14-7-9-16-56(51)64(60(53)37-49)44-21-19-41-32-47(64)34-43(41)33-44)61-18-10-17-57-62(61)54-24-20-42(40-11-4-3-5-12-40)35-59(54)65(57)45-28-38-27-39(30-45)31-46(65)29-38/h3-18,20,22-26,35-39,41,43-47H,19,21,27-34H2,1-2H3. The van der Waals surface area contributed by atoms with Crippen LogP contribution in [0.15, 0.2) is 152 Å². The summed E-state index contributed by atoms with van der Waals surface area (Å²) in [6, 6.07) is 60.7. The first-order chi connectivity index (χ1) is 32.4. The van der Waals surface area contributed by atoms with E-state index >= 15 is 0 Å². The predicted molar refractivity (Wildman–Crippen MR) is 271 cm³/mol. The first-order valence-corrected chi connectivity index (χ1v) is 26.0. The Balaban J connectivity index is 0.959. The van der Waals surface area contributed by atoms with Gasteiger partial charge in [-0.1, -0.05) is 129 Å². The molecule has 0 N–H and O–H groups in total. The van der Waals surface area contributed by atoms with E-state index in [4.69, 9.17) is 0 Å². The van der Waals surface area contributed by atoms with Gasteiger partial charge in [0.05, 0.1) is 5.69 Å². The van der Waals surface area contributed by atoms with E-state index in [0.29, 0.717) is 17.8 Å². The highest BCUT2D eigenvalue weighted by Gasteiger charge is 2.64. The molecular formula is C65H59N. The SMILES string of the molecule is CC1(C)c2ccccc2-c2ccc(N(c3ccc4c(c3)C3(c5ccccc5-4)C4CCC5CC3CC5C4)c3cccc4c3-c3ccc(-c5ccccc5)cc3C43C4CC5CC(C4)CC3C5)cc21. The molecule has 7 aromatic rings. The van der Waals surface area contributed by atoms with Gasteiger partial charge in [-0.2, -0.15) is 0 Å². The summed E-state index contributed by atoms with van der Waals surface area (Å²) < 4.78 is 0. The van der Waals surface area contributed by atoms with Crippen molar-refractivity contribution < 1.29 is 0 Å². The monoisotopic (exact) mass is 853 g/mol. The molecule has 17 rings (SSSR count). The highest BCUT2D eigenvalue weighted by Crippen LogP contribution is 2.72. The van der Waals surface area contributed by atoms with Crippen molar-refractivity contribution in [2.45, 2.75) is 94.3 Å². The Labute approximate surface area is 391 Å². The van der Waals surface area contributed by atoms with Gasteiger partial charge in [-0.05, 0) is 220 Å². The zero-order valence-electron chi connectivity index (χ0n) is 38.6. The van der Waals surface area contributed by atoms with Crippen LogP contribution in [0.3, 0.4) is 0 Å². The van der Waals surface area contributed by atoms with Gasteiger partial charge in [0.1, 0.15) is 0 Å². The predicted octanol–water partition coefficient (Wildman–Crippen LogP) is 16.6. The Kier molecular flexibility index (Phi) is 7.29. The van der Waals surface area contributed by atoms with Crippen molar-refractivity contribution in [2.75, 3.05) is 4.90 Å². The third kappa shape index (κ3) is 4.51. The van der Waals surface area contributed by atoms with Crippen LogP contribution in [-0.2, 0) is 16.2 Å². The lowest BCUT2D eigenvalue weighted by atomic mass is 9.43. The van der Waals surface area contributed by atoms with Crippen molar-refractivity contribution in [3.8, 4) is 44.5 Å². The first-order valence-electron chi connectivity index (χ1n) is 26.0. The van der Waals surface area contributed by atoms with Crippen LogP contribution in [-0.4, -0.2) is 0 Å². The molecule has 0 radical (unpaired) electrons. The van der Waals surface area contributed by atoms with Gasteiger partial charge >= 0.3 is 0 Å². The Morgan fingerprint density at radius 1 is 0.379 bits per heavy atom. The number of anilines is 3. The quantitative estimate of drug-likeness (QED) is 0.170. The minimum absolute atomic E-state index is 0.0515. The smallest absolute Gasteiger partial charge is 0.0543 e. The van der Waals surface area contributed by atoms with E-state index in [1.165, 1.54) is 137 Å². The zero-order chi connectivity index (χ0) is 43.3. The van der Waals surface area contributed by atoms with Gasteiger partial charge < -0.3 is 4.90 Å². The van der Waals surface area contributed by atoms with Gasteiger partial charge in [0.2, 0.25) is 0 Å². The van der Waals surface area contributed by atoms with E-state index in [0.717, 1.165) is 29.6 Å². The van der Waals surface area contributed by atoms with E-state index < -0.39 is 0 Å². The summed E-state index contributed by atoms with van der Waals surface area (Å²) in [4.78, 5) is 2.76. The molecule has 2 spiro atoms. The van der Waals surface area contributed by atoms with Crippen LogP contribution < -0.4 is 4.90 Å². The largest absolute Gasteiger partial charge is 0.310 e. The molecule has 0 aromatic heterocycles. The number of fused-ring (bicyclic) bond motifs is 15. The van der Waals surface area contributed by atoms with Crippen molar-refractivity contribution in [2.24, 2.45) is 47.3 Å². The maximum atomic E-state index is 2.76. The van der Waals surface area contributed by atoms with Gasteiger partial charge in [0.25, 0.3) is 0 Å². The van der Waals surface area contributed by atoms with Crippen molar-refractivity contribution in [3.63, 3.8) is 0 Å². The molecule has 7 aromatic carbocycles. The molecule has 7 saturated carbocycles. The molecule has 5 atom stereocenters. The zero-order valence-corrected chi connectivity index (χ0v) is 38.6. The number of hydrogen-bond acceptors (Lipinski definition) is 1. The number of nitrogens with zero attached hydrogens (tertiary/aromatic N) is 1. The van der Waals surface area contributed by atoms with Crippen LogP contribution >= 0.6 is 0 Å². The highest BCUT2D eigenvalue weighted by atomic mass is 15.1. The van der Waals surface area contributed by atoms with Gasteiger partial charge in [-0.15, -0.1) is 0 Å². The fourth-order valence-electron chi connectivity index (χ4n) is 18.7. The maximum absolute atomic E-state index is 2.76. The lowest BCUT2D eigenvalue weighted by Gasteiger charge is -2.61. The fourth-order valence-corrected chi connectivity index (χ4v) is 18.7. The van der Waals surface area contributed by atoms with Gasteiger partial charge in [-0.3, -0.25) is 0 Å². The van der Waals surface area contributed by atoms with Crippen LogP contribution in [0.5, 0.6) is 0 Å². The molecule has 7 bridgehead atoms. The minimum Gasteiger partial charge on any atom is -0.310 e. The summed E-state index contributed by atoms with van der Waals surface area (Å²) >= 11 is 0. The molecule has 324 valence electrons. The van der Waals surface area contributed by atoms with Crippen molar-refractivity contribution in [3.05, 3.63) is 185 Å². The average molecular weight is 854 g/mol. The Morgan fingerprint density at radius 3 is 1.71 bits per heavy atom. The van der Waals surface area contributed by atoms with Crippen molar-refractivity contribution in [1.29, 1.82) is 0 Å². The molecule has 0 saturated heterocycles. The van der Waals surface area contributed by atoms with E-state index in [2.05, 4.69) is 170 Å². The third-order valence-corrected chi connectivity index (χ3v) is 20.8. The molecule has 0 heterocycles. The van der Waals surface area contributed by atoms with Crippen molar-refractivity contribution in [1.82, 2.24) is 0 Å². The second-order valence-corrected chi connectivity index (χ2v) is 23.6. The summed E-state index contributed by atoms with van der Waals surface area (Å²) in [6.45, 7) is 4.90. The lowest BCUT2D eigenvalue weighted by molar-refractivity contribution is -0.0399. The second-order valence-electron chi connectivity index (χ2n) is 23.6. The van der Waals surface area contributed by atoms with E-state index in [-0.39, 0.29) is 16.2 Å². The Hall–Kier alpha value is -5.66. The first kappa shape index (κ1) is 37.4. The summed E-state index contributed by atoms with van der Waals surface area (Å²) in [6.07, 6.45) is 14.0. The molecule has 0 aliphatic heterocycles. The third-order valence-electron chi connectivity index (χ3n) is 20.8. The molecule has 1 heteroatoms. The van der Waals surface area contributed by atoms with Gasteiger partial charge in [0.15, 0.2) is 0 Å². The van der Waals surface area contributed by atoms with Gasteiger partial charge in [-0.25, -0.2) is 0 Å². The number of benzene rings is 7. The van der Waals surface area contributed by atoms with Crippen LogP contribution in [0.25, 0.3) is 44.5 Å². The van der Waals surface area contributed by atoms with E-state index in [1.807, 2.05) is 0 Å². The molecule has 10 aliphatic carbocycles. The van der Waals surface area contributed by atoms with Crippen LogP contribution in [0.1, 0.15) is 111 Å². The minimum atomic E-state index is -0.0963. The number of hydrogen-bond donors (Lipinski definition) is 0. The molecular weight excluding hydrogens is 795 g/mol. The lowest BCUT2D eigenvalue weighted by Crippen LogP contribution is -2.55. The summed E-state index contributed by atoms with van der Waals surface area (Å²) in [5, 5.41) is 0. The molecule has 5 unspecified atom stereocenters. The van der Waals surface area contributed by atoms with Crippen LogP contribution in [0.4, 0.5) is 17.1 Å². The van der Waals surface area contributed by atoms with E-state index in [1.54, 1.807) is 22.3 Å². The summed E-state index contributed by atoms with van der Waals surface area (Å²) in [5.74, 6) is 6.48. The molecule has 10 aliphatic rings. The van der Waals surface area contributed by atoms with E-state index in [9.17, 15) is 0 Å². The molecule has 1 nitrogen and oxygen atoms in total. The van der Waals surface area contributed by atoms with Crippen LogP contribution in [0.2, 0.25) is 0 Å². The topological polar surface area (TPSA) is 3.24 Å². The average Bonchev–Trinajstić information content (AvgIpc) is 4.00. The Bertz CT molecular complexity index is 3180. The maximum Gasteiger partial charge on any atom is 0.0543 e. The number of rotatable bonds is 4. The normalized spacial score (nSPS) is 32.0. The van der Waals surface area contributed by atoms with Gasteiger partial charge in [0, 0.05) is 33.2 Å².